The third-order valence-electron chi connectivity index (χ3n) is 3.37. The van der Waals surface area contributed by atoms with Crippen LogP contribution in [0.25, 0.3) is 0 Å². The summed E-state index contributed by atoms with van der Waals surface area (Å²) in [5, 5.41) is 0. The molecule has 1 saturated heterocycles. The first-order valence-electron chi connectivity index (χ1n) is 6.61. The standard InChI is InChI=1S/C13H22N4O/c14-4-2-13(18)17-7-1-6-16(8-9-17)11-12-3-5-15-10-12/h3,5,10,15H,1-2,4,6-9,11,14H2. The van der Waals surface area contributed by atoms with Crippen LogP contribution in [0, 0.1) is 0 Å². The zero-order valence-corrected chi connectivity index (χ0v) is 10.8. The first kappa shape index (κ1) is 13.1. The maximum absolute atomic E-state index is 11.8. The first-order chi connectivity index (χ1) is 8.79. The summed E-state index contributed by atoms with van der Waals surface area (Å²) in [5.74, 6) is 0.195. The number of hydrogen-bond acceptors (Lipinski definition) is 3. The smallest absolute Gasteiger partial charge is 0.223 e. The number of amides is 1. The Kier molecular flexibility index (Phi) is 4.78. The molecule has 1 fully saturated rings. The molecule has 5 heteroatoms. The highest BCUT2D eigenvalue weighted by molar-refractivity contribution is 5.76. The molecule has 0 atom stereocenters. The van der Waals surface area contributed by atoms with E-state index in [1.165, 1.54) is 5.56 Å². The summed E-state index contributed by atoms with van der Waals surface area (Å²) in [6, 6.07) is 2.10. The molecule has 18 heavy (non-hydrogen) atoms. The normalized spacial score (nSPS) is 17.7. The predicted molar refractivity (Wildman–Crippen MR) is 70.9 cm³/mol. The Morgan fingerprint density at radius 2 is 2.22 bits per heavy atom. The van der Waals surface area contributed by atoms with Crippen molar-refractivity contribution < 1.29 is 4.79 Å². The largest absolute Gasteiger partial charge is 0.367 e. The quantitative estimate of drug-likeness (QED) is 0.813. The van der Waals surface area contributed by atoms with Crippen molar-refractivity contribution in [3.05, 3.63) is 24.0 Å². The van der Waals surface area contributed by atoms with Crippen molar-refractivity contribution in [2.75, 3.05) is 32.7 Å². The van der Waals surface area contributed by atoms with Crippen LogP contribution in [-0.2, 0) is 11.3 Å². The van der Waals surface area contributed by atoms with Gasteiger partial charge in [-0.3, -0.25) is 9.69 Å². The van der Waals surface area contributed by atoms with Gasteiger partial charge >= 0.3 is 0 Å². The van der Waals surface area contributed by atoms with Gasteiger partial charge in [0.2, 0.25) is 5.91 Å². The topological polar surface area (TPSA) is 65.4 Å². The van der Waals surface area contributed by atoms with Gasteiger partial charge in [-0.05, 0) is 18.1 Å². The Morgan fingerprint density at radius 3 is 2.94 bits per heavy atom. The van der Waals surface area contributed by atoms with E-state index in [-0.39, 0.29) is 5.91 Å². The van der Waals surface area contributed by atoms with Crippen molar-refractivity contribution in [2.45, 2.75) is 19.4 Å². The van der Waals surface area contributed by atoms with Crippen LogP contribution in [0.5, 0.6) is 0 Å². The molecule has 0 spiro atoms. The first-order valence-corrected chi connectivity index (χ1v) is 6.61. The second-order valence-corrected chi connectivity index (χ2v) is 4.77. The average molecular weight is 250 g/mol. The molecule has 0 bridgehead atoms. The number of carbonyl (C=O) groups is 1. The number of hydrogen-bond donors (Lipinski definition) is 2. The highest BCUT2D eigenvalue weighted by Gasteiger charge is 2.18. The lowest BCUT2D eigenvalue weighted by Crippen LogP contribution is -2.35. The molecule has 1 aliphatic heterocycles. The lowest BCUT2D eigenvalue weighted by atomic mass is 10.3. The second kappa shape index (κ2) is 6.56. The maximum atomic E-state index is 11.8. The summed E-state index contributed by atoms with van der Waals surface area (Å²) in [4.78, 5) is 19.2. The fourth-order valence-electron chi connectivity index (χ4n) is 2.37. The molecule has 0 radical (unpaired) electrons. The van der Waals surface area contributed by atoms with Crippen molar-refractivity contribution in [3.8, 4) is 0 Å². The highest BCUT2D eigenvalue weighted by atomic mass is 16.2. The van der Waals surface area contributed by atoms with Gasteiger partial charge in [0.15, 0.2) is 0 Å². The van der Waals surface area contributed by atoms with Gasteiger partial charge in [0.25, 0.3) is 0 Å². The Hall–Kier alpha value is -1.33. The number of carbonyl (C=O) groups excluding carboxylic acids is 1. The average Bonchev–Trinajstić information content (AvgIpc) is 2.74. The van der Waals surface area contributed by atoms with E-state index < -0.39 is 0 Å². The summed E-state index contributed by atoms with van der Waals surface area (Å²) in [7, 11) is 0. The van der Waals surface area contributed by atoms with E-state index in [9.17, 15) is 4.79 Å². The van der Waals surface area contributed by atoms with Crippen LogP contribution in [0.2, 0.25) is 0 Å². The van der Waals surface area contributed by atoms with Gasteiger partial charge in [0.05, 0.1) is 0 Å². The molecule has 1 aromatic heterocycles. The number of H-pyrrole nitrogens is 1. The predicted octanol–water partition coefficient (Wildman–Crippen LogP) is 0.398. The van der Waals surface area contributed by atoms with E-state index >= 15 is 0 Å². The highest BCUT2D eigenvalue weighted by Crippen LogP contribution is 2.09. The number of nitrogens with zero attached hydrogens (tertiary/aromatic N) is 2. The van der Waals surface area contributed by atoms with Crippen molar-refractivity contribution in [3.63, 3.8) is 0 Å². The number of nitrogens with one attached hydrogen (secondary N) is 1. The molecule has 2 rings (SSSR count). The third kappa shape index (κ3) is 3.58. The fourth-order valence-corrected chi connectivity index (χ4v) is 2.37. The molecule has 2 heterocycles. The molecular weight excluding hydrogens is 228 g/mol. The van der Waals surface area contributed by atoms with Gasteiger partial charge in [-0.25, -0.2) is 0 Å². The zero-order chi connectivity index (χ0) is 12.8. The molecule has 0 aliphatic carbocycles. The SMILES string of the molecule is NCCC(=O)N1CCCN(Cc2cc[nH]c2)CC1. The van der Waals surface area contributed by atoms with Crippen LogP contribution in [0.1, 0.15) is 18.4 Å². The van der Waals surface area contributed by atoms with Crippen LogP contribution < -0.4 is 5.73 Å². The van der Waals surface area contributed by atoms with Crippen LogP contribution >= 0.6 is 0 Å². The number of rotatable bonds is 4. The molecular formula is C13H22N4O. The van der Waals surface area contributed by atoms with Gasteiger partial charge in [-0.15, -0.1) is 0 Å². The molecule has 5 nitrogen and oxygen atoms in total. The zero-order valence-electron chi connectivity index (χ0n) is 10.8. The van der Waals surface area contributed by atoms with Gasteiger partial charge in [0, 0.05) is 58.1 Å². The van der Waals surface area contributed by atoms with E-state index in [0.717, 1.165) is 39.1 Å². The van der Waals surface area contributed by atoms with Gasteiger partial charge in [-0.1, -0.05) is 0 Å². The number of nitrogens with two attached hydrogens (primary N) is 1. The summed E-state index contributed by atoms with van der Waals surface area (Å²) in [6.07, 6.45) is 5.49. The molecule has 0 saturated carbocycles. The summed E-state index contributed by atoms with van der Waals surface area (Å²) in [5.41, 5.74) is 6.73. The van der Waals surface area contributed by atoms with Crippen LogP contribution in [0.4, 0.5) is 0 Å². The Morgan fingerprint density at radius 1 is 1.33 bits per heavy atom. The van der Waals surface area contributed by atoms with E-state index in [0.29, 0.717) is 13.0 Å². The van der Waals surface area contributed by atoms with E-state index in [2.05, 4.69) is 16.0 Å². The van der Waals surface area contributed by atoms with Crippen LogP contribution in [-0.4, -0.2) is 53.4 Å². The summed E-state index contributed by atoms with van der Waals surface area (Å²) in [6.45, 7) is 5.09. The maximum Gasteiger partial charge on any atom is 0.223 e. The third-order valence-corrected chi connectivity index (χ3v) is 3.37. The molecule has 0 unspecified atom stereocenters. The second-order valence-electron chi connectivity index (χ2n) is 4.77. The van der Waals surface area contributed by atoms with Crippen molar-refractivity contribution in [1.82, 2.24) is 14.8 Å². The van der Waals surface area contributed by atoms with Crippen LogP contribution in [0.15, 0.2) is 18.5 Å². The lowest BCUT2D eigenvalue weighted by Gasteiger charge is -2.21. The van der Waals surface area contributed by atoms with Crippen molar-refractivity contribution in [1.29, 1.82) is 0 Å². The Balaban J connectivity index is 1.82. The van der Waals surface area contributed by atoms with Gasteiger partial charge in [-0.2, -0.15) is 0 Å². The molecule has 0 aromatic carbocycles. The molecule has 100 valence electrons. The van der Waals surface area contributed by atoms with Crippen LogP contribution in [0.3, 0.4) is 0 Å². The van der Waals surface area contributed by atoms with Gasteiger partial charge < -0.3 is 15.6 Å². The van der Waals surface area contributed by atoms with Crippen molar-refractivity contribution >= 4 is 5.91 Å². The fraction of sp³-hybridized carbons (Fsp3) is 0.615. The molecule has 1 aromatic rings. The minimum absolute atomic E-state index is 0.195. The summed E-state index contributed by atoms with van der Waals surface area (Å²) < 4.78 is 0. The lowest BCUT2D eigenvalue weighted by molar-refractivity contribution is -0.130. The van der Waals surface area contributed by atoms with Gasteiger partial charge in [0.1, 0.15) is 0 Å². The molecule has 3 N–H and O–H groups in total. The number of aromatic amines is 1. The minimum Gasteiger partial charge on any atom is -0.367 e. The van der Waals surface area contributed by atoms with E-state index in [4.69, 9.17) is 5.73 Å². The van der Waals surface area contributed by atoms with E-state index in [1.54, 1.807) is 0 Å². The Bertz CT molecular complexity index is 363. The number of aromatic nitrogens is 1. The molecule has 1 amide bonds. The summed E-state index contributed by atoms with van der Waals surface area (Å²) >= 11 is 0. The minimum atomic E-state index is 0.195. The Labute approximate surface area is 108 Å². The monoisotopic (exact) mass is 250 g/mol. The molecule has 1 aliphatic rings. The van der Waals surface area contributed by atoms with E-state index in [1.807, 2.05) is 17.3 Å². The van der Waals surface area contributed by atoms with Crippen molar-refractivity contribution in [2.24, 2.45) is 5.73 Å².